The molecule has 0 spiro atoms. The van der Waals surface area contributed by atoms with E-state index in [0.717, 1.165) is 39.4 Å². The van der Waals surface area contributed by atoms with E-state index in [9.17, 15) is 9.90 Å². The third-order valence-corrected chi connectivity index (χ3v) is 6.15. The van der Waals surface area contributed by atoms with Crippen molar-refractivity contribution in [1.82, 2.24) is 5.16 Å². The highest BCUT2D eigenvalue weighted by atomic mass is 16.5. The number of hydrogen-bond acceptors (Lipinski definition) is 6. The number of phenols is 1. The van der Waals surface area contributed by atoms with E-state index in [0.29, 0.717) is 25.3 Å². The molecule has 6 nitrogen and oxygen atoms in total. The van der Waals surface area contributed by atoms with Gasteiger partial charge in [0, 0.05) is 23.6 Å². The molecular formula is C25H24N2O4. The topological polar surface area (TPSA) is 84.6 Å². The first-order valence-electron chi connectivity index (χ1n) is 10.6. The van der Waals surface area contributed by atoms with Gasteiger partial charge in [-0.2, -0.15) is 0 Å². The van der Waals surface area contributed by atoms with E-state index in [2.05, 4.69) is 10.5 Å². The minimum atomic E-state index is -0.221. The summed E-state index contributed by atoms with van der Waals surface area (Å²) in [6, 6.07) is 15.0. The number of aromatic hydroxyl groups is 1. The minimum absolute atomic E-state index is 0.0471. The number of carbonyl (C=O) groups excluding carboxylic acids is 1. The molecule has 3 aromatic rings. The molecule has 0 unspecified atom stereocenters. The van der Waals surface area contributed by atoms with Crippen LogP contribution in [-0.4, -0.2) is 22.7 Å². The molecule has 0 fully saturated rings. The molecular weight excluding hydrogens is 392 g/mol. The van der Waals surface area contributed by atoms with Crippen molar-refractivity contribution >= 4 is 11.7 Å². The number of aromatic nitrogens is 1. The molecule has 0 bridgehead atoms. The number of aryl methyl sites for hydroxylation is 1. The van der Waals surface area contributed by atoms with Gasteiger partial charge in [0.1, 0.15) is 11.5 Å². The van der Waals surface area contributed by atoms with Crippen LogP contribution in [-0.2, 0) is 4.79 Å². The van der Waals surface area contributed by atoms with E-state index in [1.165, 1.54) is 0 Å². The largest absolute Gasteiger partial charge is 0.508 e. The van der Waals surface area contributed by atoms with Crippen molar-refractivity contribution in [1.29, 1.82) is 0 Å². The second-order valence-corrected chi connectivity index (χ2v) is 8.08. The zero-order valence-electron chi connectivity index (χ0n) is 17.5. The zero-order valence-corrected chi connectivity index (χ0v) is 17.5. The number of allylic oxidation sites excluding steroid dienone is 2. The second-order valence-electron chi connectivity index (χ2n) is 8.08. The quantitative estimate of drug-likeness (QED) is 0.619. The fourth-order valence-corrected chi connectivity index (χ4v) is 4.71. The third kappa shape index (κ3) is 3.38. The number of carbonyl (C=O) groups is 1. The predicted molar refractivity (Wildman–Crippen MR) is 116 cm³/mol. The van der Waals surface area contributed by atoms with E-state index < -0.39 is 0 Å². The maximum Gasteiger partial charge on any atom is 0.233 e. The van der Waals surface area contributed by atoms with Gasteiger partial charge >= 0.3 is 0 Å². The first-order chi connectivity index (χ1) is 15.0. The number of benzene rings is 2. The number of anilines is 1. The summed E-state index contributed by atoms with van der Waals surface area (Å²) in [6.45, 7) is 4.47. The van der Waals surface area contributed by atoms with Gasteiger partial charge in [0.15, 0.2) is 5.78 Å². The average molecular weight is 416 g/mol. The summed E-state index contributed by atoms with van der Waals surface area (Å²) >= 11 is 0. The number of phenolic OH excluding ortho intramolecular Hbond substituents is 1. The van der Waals surface area contributed by atoms with Crippen molar-refractivity contribution in [2.75, 3.05) is 11.9 Å². The Bertz CT molecular complexity index is 1160. The number of ketones is 1. The summed E-state index contributed by atoms with van der Waals surface area (Å²) in [5, 5.41) is 17.1. The van der Waals surface area contributed by atoms with Gasteiger partial charge in [0.2, 0.25) is 5.88 Å². The van der Waals surface area contributed by atoms with Crippen molar-refractivity contribution < 1.29 is 19.2 Å². The summed E-state index contributed by atoms with van der Waals surface area (Å²) in [5.41, 5.74) is 5.42. The molecule has 0 amide bonds. The summed E-state index contributed by atoms with van der Waals surface area (Å²) in [4.78, 5) is 13.5. The van der Waals surface area contributed by atoms with Crippen LogP contribution in [0.4, 0.5) is 5.88 Å². The molecule has 1 aliphatic heterocycles. The van der Waals surface area contributed by atoms with Crippen LogP contribution in [0.2, 0.25) is 0 Å². The van der Waals surface area contributed by atoms with Gasteiger partial charge in [0.25, 0.3) is 0 Å². The van der Waals surface area contributed by atoms with E-state index in [4.69, 9.17) is 9.26 Å². The van der Waals surface area contributed by atoms with Crippen LogP contribution in [0, 0.1) is 6.92 Å². The number of fused-ring (bicyclic) bond motifs is 1. The summed E-state index contributed by atoms with van der Waals surface area (Å²) in [6.07, 6.45) is 1.12. The highest BCUT2D eigenvalue weighted by Crippen LogP contribution is 2.49. The fourth-order valence-electron chi connectivity index (χ4n) is 4.71. The highest BCUT2D eigenvalue weighted by molar-refractivity contribution is 6.01. The van der Waals surface area contributed by atoms with Gasteiger partial charge in [0.05, 0.1) is 17.9 Å². The van der Waals surface area contributed by atoms with E-state index in [-0.39, 0.29) is 23.4 Å². The van der Waals surface area contributed by atoms with Gasteiger partial charge in [-0.25, -0.2) is 0 Å². The molecule has 5 rings (SSSR count). The Morgan fingerprint density at radius 1 is 1.10 bits per heavy atom. The van der Waals surface area contributed by atoms with Crippen LogP contribution >= 0.6 is 0 Å². The first kappa shape index (κ1) is 19.4. The lowest BCUT2D eigenvalue weighted by Crippen LogP contribution is -2.29. The van der Waals surface area contributed by atoms with Gasteiger partial charge < -0.3 is 19.7 Å². The fraction of sp³-hybridized carbons (Fsp3) is 0.280. The van der Waals surface area contributed by atoms with Crippen molar-refractivity contribution in [3.63, 3.8) is 0 Å². The van der Waals surface area contributed by atoms with Crippen LogP contribution in [0.5, 0.6) is 11.5 Å². The molecule has 2 aromatic carbocycles. The van der Waals surface area contributed by atoms with E-state index >= 15 is 0 Å². The van der Waals surface area contributed by atoms with Crippen molar-refractivity contribution in [3.05, 3.63) is 82.2 Å². The monoisotopic (exact) mass is 416 g/mol. The van der Waals surface area contributed by atoms with E-state index in [1.54, 1.807) is 12.1 Å². The Balaban J connectivity index is 1.57. The van der Waals surface area contributed by atoms with Crippen LogP contribution < -0.4 is 10.1 Å². The molecule has 2 aliphatic rings. The number of nitrogens with zero attached hydrogens (tertiary/aromatic N) is 1. The van der Waals surface area contributed by atoms with Crippen LogP contribution in [0.1, 0.15) is 54.0 Å². The molecule has 0 radical (unpaired) electrons. The normalized spacial score (nSPS) is 20.1. The van der Waals surface area contributed by atoms with Gasteiger partial charge in [-0.3, -0.25) is 4.79 Å². The smallest absolute Gasteiger partial charge is 0.233 e. The van der Waals surface area contributed by atoms with Crippen molar-refractivity contribution in [3.8, 4) is 11.5 Å². The molecule has 2 N–H and O–H groups in total. The SMILES string of the molecule is CCOc1ccc([C@@H]2C3=C(C[C@H](c4ccc(O)cc4)CC3=O)Nc3onc(C)c32)cc1. The van der Waals surface area contributed by atoms with Gasteiger partial charge in [-0.15, -0.1) is 0 Å². The lowest BCUT2D eigenvalue weighted by molar-refractivity contribution is -0.116. The summed E-state index contributed by atoms with van der Waals surface area (Å²) in [7, 11) is 0. The molecule has 0 saturated heterocycles. The van der Waals surface area contributed by atoms with Crippen LogP contribution in [0.25, 0.3) is 0 Å². The number of rotatable bonds is 4. The standard InChI is InChI=1S/C25H24N2O4/c1-3-30-19-10-6-16(7-11-19)23-22-14(2)27-31-25(22)26-20-12-17(13-21(29)24(20)23)15-4-8-18(28)9-5-15/h4-11,17,23,26,28H,3,12-13H2,1-2H3/t17-,23-/m0/s1. The van der Waals surface area contributed by atoms with Crippen LogP contribution in [0.3, 0.4) is 0 Å². The second kappa shape index (κ2) is 7.61. The molecule has 1 aliphatic carbocycles. The lowest BCUT2D eigenvalue weighted by atomic mass is 9.72. The summed E-state index contributed by atoms with van der Waals surface area (Å²) in [5.74, 6) is 1.58. The van der Waals surface area contributed by atoms with Gasteiger partial charge in [-0.1, -0.05) is 29.4 Å². The average Bonchev–Trinajstić information content (AvgIpc) is 3.14. The van der Waals surface area contributed by atoms with Crippen molar-refractivity contribution in [2.45, 2.75) is 38.5 Å². The zero-order chi connectivity index (χ0) is 21.5. The Morgan fingerprint density at radius 3 is 2.52 bits per heavy atom. The third-order valence-electron chi connectivity index (χ3n) is 6.15. The molecule has 31 heavy (non-hydrogen) atoms. The highest BCUT2D eigenvalue weighted by Gasteiger charge is 2.41. The molecule has 158 valence electrons. The first-order valence-corrected chi connectivity index (χ1v) is 10.6. The Morgan fingerprint density at radius 2 is 1.81 bits per heavy atom. The number of hydrogen-bond donors (Lipinski definition) is 2. The summed E-state index contributed by atoms with van der Waals surface area (Å²) < 4.78 is 11.2. The molecule has 1 aromatic heterocycles. The number of nitrogens with one attached hydrogen (secondary N) is 1. The predicted octanol–water partition coefficient (Wildman–Crippen LogP) is 5.05. The molecule has 6 heteroatoms. The van der Waals surface area contributed by atoms with Crippen molar-refractivity contribution in [2.24, 2.45) is 0 Å². The number of Topliss-reactive ketones (excluding diaryl/α,β-unsaturated/α-hetero) is 1. The maximum absolute atomic E-state index is 13.5. The lowest BCUT2D eigenvalue weighted by Gasteiger charge is -2.34. The van der Waals surface area contributed by atoms with Crippen LogP contribution in [0.15, 0.2) is 64.3 Å². The molecule has 2 atom stereocenters. The number of ether oxygens (including phenoxy) is 1. The van der Waals surface area contributed by atoms with E-state index in [1.807, 2.05) is 50.2 Å². The van der Waals surface area contributed by atoms with Gasteiger partial charge in [-0.05, 0) is 61.6 Å². The Kier molecular flexibility index (Phi) is 4.77. The molecule has 2 heterocycles. The Hall–Kier alpha value is -3.54. The molecule has 0 saturated carbocycles. The maximum atomic E-state index is 13.5. The minimum Gasteiger partial charge on any atom is -0.508 e. The Labute approximate surface area is 180 Å².